The van der Waals surface area contributed by atoms with E-state index >= 15 is 0 Å². The number of aromatic nitrogens is 1. The monoisotopic (exact) mass is 335 g/mol. The first-order valence-corrected chi connectivity index (χ1v) is 8.93. The molecule has 5 rings (SSSR count). The van der Waals surface area contributed by atoms with Crippen LogP contribution in [0.4, 0.5) is 11.4 Å². The number of benzene rings is 2. The van der Waals surface area contributed by atoms with Gasteiger partial charge in [-0.25, -0.2) is 0 Å². The molecule has 2 aliphatic rings. The zero-order valence-electron chi connectivity index (χ0n) is 14.4. The van der Waals surface area contributed by atoms with E-state index in [0.29, 0.717) is 0 Å². The summed E-state index contributed by atoms with van der Waals surface area (Å²) in [6.07, 6.45) is 10.9. The second-order valence-corrected chi connectivity index (χ2v) is 6.49. The molecule has 1 aliphatic heterocycles. The highest BCUT2D eigenvalue weighted by atomic mass is 15.1. The lowest BCUT2D eigenvalue weighted by molar-refractivity contribution is 0.751. The van der Waals surface area contributed by atoms with Crippen LogP contribution in [0, 0.1) is 0 Å². The van der Waals surface area contributed by atoms with Crippen molar-refractivity contribution in [3.8, 4) is 0 Å². The lowest BCUT2D eigenvalue weighted by Gasteiger charge is -2.25. The highest BCUT2D eigenvalue weighted by Crippen LogP contribution is 2.36. The fourth-order valence-electron chi connectivity index (χ4n) is 3.85. The highest BCUT2D eigenvalue weighted by Gasteiger charge is 2.34. The smallest absolute Gasteiger partial charge is 0.235 e. The summed E-state index contributed by atoms with van der Waals surface area (Å²) in [4.78, 5) is 0. The van der Waals surface area contributed by atoms with Crippen LogP contribution < -0.4 is 4.58 Å². The summed E-state index contributed by atoms with van der Waals surface area (Å²) in [5.41, 5.74) is 4.89. The van der Waals surface area contributed by atoms with Gasteiger partial charge in [0, 0.05) is 35.9 Å². The van der Waals surface area contributed by atoms with E-state index in [-0.39, 0.29) is 6.04 Å². The van der Waals surface area contributed by atoms with Crippen molar-refractivity contribution in [3.63, 3.8) is 0 Å². The van der Waals surface area contributed by atoms with Crippen molar-refractivity contribution in [1.82, 2.24) is 9.14 Å². The maximum atomic E-state index is 2.38. The Morgan fingerprint density at radius 2 is 1.50 bits per heavy atom. The molecule has 124 valence electrons. The Kier molecular flexibility index (Phi) is 3.53. The van der Waals surface area contributed by atoms with Crippen molar-refractivity contribution >= 4 is 28.0 Å². The van der Waals surface area contributed by atoms with Crippen molar-refractivity contribution in [2.75, 3.05) is 0 Å². The van der Waals surface area contributed by atoms with Crippen LogP contribution in [0.3, 0.4) is 0 Å². The third-order valence-corrected chi connectivity index (χ3v) is 4.95. The van der Waals surface area contributed by atoms with Crippen LogP contribution in [-0.4, -0.2) is 10.3 Å². The van der Waals surface area contributed by atoms with Crippen LogP contribution in [0.15, 0.2) is 109 Å². The van der Waals surface area contributed by atoms with Crippen molar-refractivity contribution in [2.45, 2.75) is 6.04 Å². The maximum absolute atomic E-state index is 2.38. The largest absolute Gasteiger partial charge is 0.325 e. The summed E-state index contributed by atoms with van der Waals surface area (Å²) in [5, 5.41) is 1.22. The molecule has 0 spiro atoms. The molecule has 0 fully saturated rings. The van der Waals surface area contributed by atoms with Gasteiger partial charge in [-0.15, -0.1) is 0 Å². The van der Waals surface area contributed by atoms with Gasteiger partial charge in [-0.3, -0.25) is 0 Å². The molecule has 2 heteroatoms. The van der Waals surface area contributed by atoms with E-state index in [4.69, 9.17) is 0 Å². The molecule has 0 radical (unpaired) electrons. The van der Waals surface area contributed by atoms with E-state index in [2.05, 4.69) is 119 Å². The third kappa shape index (κ3) is 2.31. The molecule has 0 bridgehead atoms. The van der Waals surface area contributed by atoms with E-state index in [0.717, 1.165) is 0 Å². The number of hydrogen-bond donors (Lipinski definition) is 0. The number of fused-ring (bicyclic) bond motifs is 2. The van der Waals surface area contributed by atoms with Crippen LogP contribution in [0.5, 0.6) is 0 Å². The molecule has 3 aromatic rings. The number of rotatable bonds is 1. The maximum Gasteiger partial charge on any atom is 0.235 e. The number of allylic oxidation sites excluding steroid dienone is 4. The molecular weight excluding hydrogens is 316 g/mol. The van der Waals surface area contributed by atoms with E-state index in [1.807, 2.05) is 0 Å². The van der Waals surface area contributed by atoms with Crippen molar-refractivity contribution in [1.29, 1.82) is 0 Å². The van der Waals surface area contributed by atoms with Gasteiger partial charge in [0.25, 0.3) is 0 Å². The average Bonchev–Trinajstić information content (AvgIpc) is 2.80. The summed E-state index contributed by atoms with van der Waals surface area (Å²) < 4.78 is 4.76. The van der Waals surface area contributed by atoms with Gasteiger partial charge >= 0.3 is 0 Å². The SMILES string of the molecule is C1=CC2=[N+](c3ccccc3)c3cccc4ccccccn(c34)C2C=C1. The number of para-hydroxylation sites is 2. The Hall–Kier alpha value is -3.39. The Bertz CT molecular complexity index is 1130. The van der Waals surface area contributed by atoms with Gasteiger partial charge in [0.15, 0.2) is 0 Å². The zero-order chi connectivity index (χ0) is 17.3. The standard InChI is InChI=1S/C24H19N2/c1-2-9-18-25-21-15-7-8-16-22(21)26(20-13-5-3-6-14-20)23-17-10-12-19(11-4-1)24(23)25/h1-18,21H/q+1. The van der Waals surface area contributed by atoms with Gasteiger partial charge in [0.2, 0.25) is 17.1 Å². The molecule has 0 amide bonds. The van der Waals surface area contributed by atoms with E-state index in [9.17, 15) is 0 Å². The third-order valence-electron chi connectivity index (χ3n) is 4.95. The number of nitrogens with zero attached hydrogens (tertiary/aromatic N) is 2. The fourth-order valence-corrected chi connectivity index (χ4v) is 3.85. The molecule has 2 aromatic carbocycles. The van der Waals surface area contributed by atoms with Gasteiger partial charge in [-0.2, -0.15) is 4.58 Å². The lowest BCUT2D eigenvalue weighted by Crippen LogP contribution is -2.30. The molecule has 2 nitrogen and oxygen atoms in total. The lowest BCUT2D eigenvalue weighted by atomic mass is 10.0. The van der Waals surface area contributed by atoms with Crippen LogP contribution in [0.25, 0.3) is 10.9 Å². The van der Waals surface area contributed by atoms with Crippen LogP contribution in [-0.2, 0) is 0 Å². The molecule has 1 unspecified atom stereocenters. The summed E-state index contributed by atoms with van der Waals surface area (Å²) in [5.74, 6) is 0. The van der Waals surface area contributed by atoms with Crippen LogP contribution >= 0.6 is 0 Å². The molecule has 1 aromatic heterocycles. The van der Waals surface area contributed by atoms with Gasteiger partial charge in [-0.05, 0) is 6.07 Å². The summed E-state index contributed by atoms with van der Waals surface area (Å²) in [6, 6.07) is 27.9. The minimum absolute atomic E-state index is 0.171. The average molecular weight is 335 g/mol. The van der Waals surface area contributed by atoms with Gasteiger partial charge < -0.3 is 4.57 Å². The molecular formula is C24H19N2+. The zero-order valence-corrected chi connectivity index (χ0v) is 14.4. The second-order valence-electron chi connectivity index (χ2n) is 6.49. The summed E-state index contributed by atoms with van der Waals surface area (Å²) in [7, 11) is 0. The fraction of sp³-hybridized carbons (Fsp3) is 0.0417. The first-order valence-electron chi connectivity index (χ1n) is 8.93. The molecule has 1 atom stereocenters. The molecule has 2 heterocycles. The Morgan fingerprint density at radius 3 is 2.42 bits per heavy atom. The summed E-state index contributed by atoms with van der Waals surface area (Å²) in [6.45, 7) is 0. The van der Waals surface area contributed by atoms with Crippen LogP contribution in [0.1, 0.15) is 6.04 Å². The Morgan fingerprint density at radius 1 is 0.731 bits per heavy atom. The summed E-state index contributed by atoms with van der Waals surface area (Å²) >= 11 is 0. The number of hydrogen-bond acceptors (Lipinski definition) is 0. The minimum Gasteiger partial charge on any atom is -0.325 e. The van der Waals surface area contributed by atoms with E-state index < -0.39 is 0 Å². The molecule has 0 N–H and O–H groups in total. The Balaban J connectivity index is 1.97. The highest BCUT2D eigenvalue weighted by molar-refractivity contribution is 6.09. The van der Waals surface area contributed by atoms with E-state index in [1.54, 1.807) is 0 Å². The van der Waals surface area contributed by atoms with Crippen molar-refractivity contribution in [3.05, 3.63) is 109 Å². The van der Waals surface area contributed by atoms with Gasteiger partial charge in [0.05, 0.1) is 0 Å². The molecule has 0 saturated heterocycles. The first kappa shape index (κ1) is 14.9. The minimum atomic E-state index is 0.171. The van der Waals surface area contributed by atoms with Crippen molar-refractivity contribution < 1.29 is 0 Å². The molecule has 26 heavy (non-hydrogen) atoms. The van der Waals surface area contributed by atoms with Gasteiger partial charge in [0.1, 0.15) is 11.6 Å². The topological polar surface area (TPSA) is 7.94 Å². The molecule has 1 aliphatic carbocycles. The quantitative estimate of drug-likeness (QED) is 0.502. The Labute approximate surface area is 153 Å². The van der Waals surface area contributed by atoms with Crippen molar-refractivity contribution in [2.24, 2.45) is 0 Å². The molecule has 0 saturated carbocycles. The first-order chi connectivity index (χ1) is 12.9. The van der Waals surface area contributed by atoms with Gasteiger partial charge in [-0.1, -0.05) is 72.8 Å². The second kappa shape index (κ2) is 6.16. The predicted octanol–water partition coefficient (Wildman–Crippen LogP) is 5.72. The van der Waals surface area contributed by atoms with Crippen LogP contribution in [0.2, 0.25) is 0 Å². The normalized spacial score (nSPS) is 17.2. The van der Waals surface area contributed by atoms with E-state index in [1.165, 1.54) is 28.0 Å². The predicted molar refractivity (Wildman–Crippen MR) is 110 cm³/mol.